The van der Waals surface area contributed by atoms with Crippen molar-refractivity contribution in [3.05, 3.63) is 91.9 Å². The summed E-state index contributed by atoms with van der Waals surface area (Å²) in [6.07, 6.45) is 2.66. The molecular formula is C23H22BrN3O2. The number of aliphatic hydroxyl groups excluding tert-OH is 1. The standard InChI is InChI=1S/C23H22BrN3O2/c1-14-9-16(3)19(10-15(14)2)22(28)13-26-7-8-27-21(23(26)29)12-20(25-27)17-5-4-6-18(24)11-17/h4-12,22,28H,13H2,1-3H3/t22-/m1/s1. The van der Waals surface area contributed by atoms with E-state index < -0.39 is 6.10 Å². The van der Waals surface area contributed by atoms with Crippen molar-refractivity contribution in [1.82, 2.24) is 14.2 Å². The summed E-state index contributed by atoms with van der Waals surface area (Å²) in [7, 11) is 0. The highest BCUT2D eigenvalue weighted by Gasteiger charge is 2.15. The van der Waals surface area contributed by atoms with E-state index in [1.807, 2.05) is 44.2 Å². The second-order valence-corrected chi connectivity index (χ2v) is 8.35. The lowest BCUT2D eigenvalue weighted by Gasteiger charge is -2.17. The Bertz CT molecular complexity index is 1270. The van der Waals surface area contributed by atoms with E-state index in [1.54, 1.807) is 27.5 Å². The van der Waals surface area contributed by atoms with Crippen LogP contribution >= 0.6 is 15.9 Å². The number of hydrogen-bond acceptors (Lipinski definition) is 3. The van der Waals surface area contributed by atoms with Crippen LogP contribution in [0.4, 0.5) is 0 Å². The number of fused-ring (bicyclic) bond motifs is 1. The van der Waals surface area contributed by atoms with Gasteiger partial charge in [0, 0.05) is 22.4 Å². The average Bonchev–Trinajstić information content (AvgIpc) is 3.12. The molecule has 0 spiro atoms. The summed E-state index contributed by atoms with van der Waals surface area (Å²) < 4.78 is 4.08. The van der Waals surface area contributed by atoms with Gasteiger partial charge < -0.3 is 9.67 Å². The molecule has 0 saturated heterocycles. The van der Waals surface area contributed by atoms with Crippen LogP contribution in [0.3, 0.4) is 0 Å². The van der Waals surface area contributed by atoms with Crippen molar-refractivity contribution in [1.29, 1.82) is 0 Å². The van der Waals surface area contributed by atoms with E-state index in [1.165, 1.54) is 5.56 Å². The molecule has 2 heterocycles. The van der Waals surface area contributed by atoms with Gasteiger partial charge in [0.05, 0.1) is 18.3 Å². The lowest BCUT2D eigenvalue weighted by atomic mass is 9.97. The average molecular weight is 452 g/mol. The molecule has 6 heteroatoms. The van der Waals surface area contributed by atoms with Crippen LogP contribution in [0, 0.1) is 20.8 Å². The second kappa shape index (κ2) is 7.61. The molecule has 0 amide bonds. The molecule has 0 saturated carbocycles. The maximum Gasteiger partial charge on any atom is 0.276 e. The van der Waals surface area contributed by atoms with Crippen LogP contribution in [-0.2, 0) is 6.54 Å². The van der Waals surface area contributed by atoms with Gasteiger partial charge >= 0.3 is 0 Å². The third-order valence-corrected chi connectivity index (χ3v) is 5.83. The Balaban J connectivity index is 1.69. The van der Waals surface area contributed by atoms with Gasteiger partial charge in [-0.25, -0.2) is 4.52 Å². The summed E-state index contributed by atoms with van der Waals surface area (Å²) in [5.41, 5.74) is 6.15. The number of halogens is 1. The first kappa shape index (κ1) is 19.6. The first-order valence-corrected chi connectivity index (χ1v) is 10.2. The van der Waals surface area contributed by atoms with Gasteiger partial charge in [0.2, 0.25) is 0 Å². The van der Waals surface area contributed by atoms with Crippen molar-refractivity contribution in [3.8, 4) is 11.3 Å². The maximum atomic E-state index is 13.0. The van der Waals surface area contributed by atoms with E-state index in [0.717, 1.165) is 32.4 Å². The highest BCUT2D eigenvalue weighted by atomic mass is 79.9. The minimum Gasteiger partial charge on any atom is -0.387 e. The molecule has 2 aromatic carbocycles. The molecule has 4 rings (SSSR count). The summed E-state index contributed by atoms with van der Waals surface area (Å²) in [5, 5.41) is 15.3. The van der Waals surface area contributed by atoms with Gasteiger partial charge in [0.1, 0.15) is 5.52 Å². The smallest absolute Gasteiger partial charge is 0.276 e. The molecular weight excluding hydrogens is 430 g/mol. The third-order valence-electron chi connectivity index (χ3n) is 5.33. The first-order chi connectivity index (χ1) is 13.8. The number of nitrogens with zero attached hydrogens (tertiary/aromatic N) is 3. The fraction of sp³-hybridized carbons (Fsp3) is 0.217. The van der Waals surface area contributed by atoms with Gasteiger partial charge in [-0.1, -0.05) is 40.2 Å². The minimum absolute atomic E-state index is 0.179. The highest BCUT2D eigenvalue weighted by molar-refractivity contribution is 9.10. The Hall–Kier alpha value is -2.70. The van der Waals surface area contributed by atoms with E-state index in [2.05, 4.69) is 34.0 Å². The molecule has 0 bridgehead atoms. The molecule has 1 N–H and O–H groups in total. The Labute approximate surface area is 177 Å². The summed E-state index contributed by atoms with van der Waals surface area (Å²) in [6, 6.07) is 13.7. The second-order valence-electron chi connectivity index (χ2n) is 7.43. The Morgan fingerprint density at radius 2 is 1.79 bits per heavy atom. The topological polar surface area (TPSA) is 59.5 Å². The predicted molar refractivity (Wildman–Crippen MR) is 118 cm³/mol. The molecule has 29 heavy (non-hydrogen) atoms. The van der Waals surface area contributed by atoms with E-state index in [0.29, 0.717) is 5.52 Å². The van der Waals surface area contributed by atoms with Crippen LogP contribution in [-0.4, -0.2) is 19.3 Å². The van der Waals surface area contributed by atoms with E-state index in [9.17, 15) is 9.90 Å². The summed E-state index contributed by atoms with van der Waals surface area (Å²) in [5.74, 6) is 0. The van der Waals surface area contributed by atoms with Crippen LogP contribution in [0.25, 0.3) is 16.8 Å². The van der Waals surface area contributed by atoms with Gasteiger partial charge in [0.15, 0.2) is 0 Å². The van der Waals surface area contributed by atoms with E-state index in [4.69, 9.17) is 0 Å². The SMILES string of the molecule is Cc1cc(C)c([C@H](O)Cn2ccn3nc(-c4cccc(Br)c4)cc3c2=O)cc1C. The minimum atomic E-state index is -0.762. The number of aryl methyl sites for hydroxylation is 3. The van der Waals surface area contributed by atoms with Crippen molar-refractivity contribution in [3.63, 3.8) is 0 Å². The summed E-state index contributed by atoms with van der Waals surface area (Å²) in [6.45, 7) is 6.26. The van der Waals surface area contributed by atoms with Crippen LogP contribution in [0.15, 0.2) is 64.1 Å². The summed E-state index contributed by atoms with van der Waals surface area (Å²) >= 11 is 3.47. The van der Waals surface area contributed by atoms with E-state index >= 15 is 0 Å². The Kier molecular flexibility index (Phi) is 5.15. The van der Waals surface area contributed by atoms with Crippen LogP contribution in [0.1, 0.15) is 28.4 Å². The molecule has 0 aliphatic heterocycles. The quantitative estimate of drug-likeness (QED) is 0.493. The van der Waals surface area contributed by atoms with Crippen LogP contribution < -0.4 is 5.56 Å². The number of rotatable bonds is 4. The lowest BCUT2D eigenvalue weighted by Crippen LogP contribution is -2.24. The molecule has 0 unspecified atom stereocenters. The van der Waals surface area contributed by atoms with Crippen molar-refractivity contribution in [2.75, 3.05) is 0 Å². The predicted octanol–water partition coefficient (Wildman–Crippen LogP) is 4.58. The first-order valence-electron chi connectivity index (χ1n) is 9.44. The lowest BCUT2D eigenvalue weighted by molar-refractivity contribution is 0.154. The van der Waals surface area contributed by atoms with Crippen molar-refractivity contribution in [2.24, 2.45) is 0 Å². The zero-order chi connectivity index (χ0) is 20.7. The van der Waals surface area contributed by atoms with Crippen molar-refractivity contribution in [2.45, 2.75) is 33.4 Å². The van der Waals surface area contributed by atoms with E-state index in [-0.39, 0.29) is 12.1 Å². The zero-order valence-corrected chi connectivity index (χ0v) is 18.1. The van der Waals surface area contributed by atoms with Gasteiger partial charge in [-0.3, -0.25) is 4.79 Å². The number of aromatic nitrogens is 3. The Morgan fingerprint density at radius 1 is 1.03 bits per heavy atom. The summed E-state index contributed by atoms with van der Waals surface area (Å²) in [4.78, 5) is 13.0. The van der Waals surface area contributed by atoms with Crippen LogP contribution in [0.2, 0.25) is 0 Å². The molecule has 2 aromatic heterocycles. The molecule has 4 aromatic rings. The van der Waals surface area contributed by atoms with Crippen LogP contribution in [0.5, 0.6) is 0 Å². The van der Waals surface area contributed by atoms with Gasteiger partial charge in [-0.05, 0) is 61.2 Å². The fourth-order valence-corrected chi connectivity index (χ4v) is 3.98. The molecule has 5 nitrogen and oxygen atoms in total. The van der Waals surface area contributed by atoms with Crippen molar-refractivity contribution < 1.29 is 5.11 Å². The molecule has 0 radical (unpaired) electrons. The normalized spacial score (nSPS) is 12.4. The van der Waals surface area contributed by atoms with Gasteiger partial charge in [-0.2, -0.15) is 5.10 Å². The molecule has 0 aliphatic carbocycles. The molecule has 0 aliphatic rings. The van der Waals surface area contributed by atoms with Gasteiger partial charge in [-0.15, -0.1) is 0 Å². The fourth-order valence-electron chi connectivity index (χ4n) is 3.59. The van der Waals surface area contributed by atoms with Crippen molar-refractivity contribution >= 4 is 21.4 Å². The molecule has 1 atom stereocenters. The monoisotopic (exact) mass is 451 g/mol. The Morgan fingerprint density at radius 3 is 2.55 bits per heavy atom. The number of aliphatic hydroxyl groups is 1. The zero-order valence-electron chi connectivity index (χ0n) is 16.6. The number of hydrogen-bond donors (Lipinski definition) is 1. The number of benzene rings is 2. The molecule has 0 fully saturated rings. The maximum absolute atomic E-state index is 13.0. The molecule has 148 valence electrons. The van der Waals surface area contributed by atoms with Gasteiger partial charge in [0.25, 0.3) is 5.56 Å². The third kappa shape index (κ3) is 3.78. The largest absolute Gasteiger partial charge is 0.387 e. The highest BCUT2D eigenvalue weighted by Crippen LogP contribution is 2.24.